The average Bonchev–Trinajstić information content (AvgIpc) is 3.23. The molecule has 1 aliphatic rings. The Balaban J connectivity index is 1.81. The zero-order chi connectivity index (χ0) is 27.2. The first kappa shape index (κ1) is 26.7. The maximum absolute atomic E-state index is 15.2. The molecule has 8 nitrogen and oxygen atoms in total. The number of hydrogen-bond acceptors (Lipinski definition) is 7. The van der Waals surface area contributed by atoms with E-state index < -0.39 is 29.6 Å². The lowest BCUT2D eigenvalue weighted by molar-refractivity contribution is -0.139. The van der Waals surface area contributed by atoms with Gasteiger partial charge in [0.1, 0.15) is 23.9 Å². The molecule has 0 N–H and O–H groups in total. The molecule has 4 rings (SSSR count). The van der Waals surface area contributed by atoms with Gasteiger partial charge in [-0.15, -0.1) is 0 Å². The molecule has 9 heteroatoms. The van der Waals surface area contributed by atoms with Gasteiger partial charge in [0.25, 0.3) is 0 Å². The second kappa shape index (κ2) is 11.8. The van der Waals surface area contributed by atoms with E-state index in [1.54, 1.807) is 19.9 Å². The minimum absolute atomic E-state index is 0.0457. The molecule has 0 aliphatic carbocycles. The molecule has 1 atom stereocenters. The molecule has 0 bridgehead atoms. The lowest BCUT2D eigenvalue weighted by Gasteiger charge is -2.28. The SMILES string of the molecule is CCOC(=O)/C=C(/OCC)C1C/C(=C\C(=O)OCc2ccccc2)Oc2c1c1c(F)cccc1n2C(C)=O. The summed E-state index contributed by atoms with van der Waals surface area (Å²) in [7, 11) is 0. The van der Waals surface area contributed by atoms with E-state index in [0.29, 0.717) is 11.1 Å². The summed E-state index contributed by atoms with van der Waals surface area (Å²) in [5, 5.41) is 0.169. The van der Waals surface area contributed by atoms with Crippen molar-refractivity contribution in [3.8, 4) is 5.88 Å². The third-order valence-corrected chi connectivity index (χ3v) is 5.94. The number of hydrogen-bond donors (Lipinski definition) is 0. The van der Waals surface area contributed by atoms with Gasteiger partial charge < -0.3 is 18.9 Å². The number of allylic oxidation sites excluding steroid dienone is 2. The van der Waals surface area contributed by atoms with Crippen LogP contribution in [0.2, 0.25) is 0 Å². The molecule has 0 saturated heterocycles. The van der Waals surface area contributed by atoms with Crippen molar-refractivity contribution < 1.29 is 37.7 Å². The minimum Gasteiger partial charge on any atom is -0.497 e. The highest BCUT2D eigenvalue weighted by Gasteiger charge is 2.37. The standard InChI is InChI=1S/C29H28FNO7/c1-4-35-24(16-26(34)36-5-2)21-14-20(15-25(33)37-17-19-10-7-6-8-11-19)38-29-27(21)28-22(30)12-9-13-23(28)31(29)18(3)32/h6-13,15-16,21H,4-5,14,17H2,1-3H3/b20-15+,24-16+. The van der Waals surface area contributed by atoms with Crippen molar-refractivity contribution in [2.75, 3.05) is 13.2 Å². The van der Waals surface area contributed by atoms with Gasteiger partial charge in [0.2, 0.25) is 11.8 Å². The molecule has 1 unspecified atom stereocenters. The number of fused-ring (bicyclic) bond motifs is 3. The van der Waals surface area contributed by atoms with E-state index in [1.807, 2.05) is 30.3 Å². The summed E-state index contributed by atoms with van der Waals surface area (Å²) in [6, 6.07) is 13.6. The molecule has 38 heavy (non-hydrogen) atoms. The van der Waals surface area contributed by atoms with Crippen molar-refractivity contribution in [3.63, 3.8) is 0 Å². The Labute approximate surface area is 219 Å². The molecule has 2 aromatic carbocycles. The van der Waals surface area contributed by atoms with E-state index in [-0.39, 0.29) is 49.0 Å². The third-order valence-electron chi connectivity index (χ3n) is 5.94. The first-order valence-corrected chi connectivity index (χ1v) is 12.3. The number of benzene rings is 2. The molecule has 0 amide bonds. The molecule has 2 heterocycles. The van der Waals surface area contributed by atoms with Gasteiger partial charge in [0.15, 0.2) is 0 Å². The molecule has 1 aromatic heterocycles. The quantitative estimate of drug-likeness (QED) is 0.222. The Morgan fingerprint density at radius 2 is 1.74 bits per heavy atom. The predicted molar refractivity (Wildman–Crippen MR) is 137 cm³/mol. The molecule has 198 valence electrons. The summed E-state index contributed by atoms with van der Waals surface area (Å²) in [6.45, 7) is 5.18. The summed E-state index contributed by atoms with van der Waals surface area (Å²) in [5.41, 5.74) is 1.45. The van der Waals surface area contributed by atoms with Crippen molar-refractivity contribution in [1.29, 1.82) is 0 Å². The van der Waals surface area contributed by atoms with Crippen molar-refractivity contribution in [2.24, 2.45) is 0 Å². The van der Waals surface area contributed by atoms with Crippen LogP contribution in [0.5, 0.6) is 5.88 Å². The van der Waals surface area contributed by atoms with Gasteiger partial charge in [0, 0.05) is 24.3 Å². The molecule has 0 radical (unpaired) electrons. The summed E-state index contributed by atoms with van der Waals surface area (Å²) in [4.78, 5) is 37.7. The fourth-order valence-corrected chi connectivity index (χ4v) is 4.45. The summed E-state index contributed by atoms with van der Waals surface area (Å²) < 4.78 is 38.7. The van der Waals surface area contributed by atoms with E-state index in [0.717, 1.165) is 5.56 Å². The van der Waals surface area contributed by atoms with E-state index in [9.17, 15) is 14.4 Å². The average molecular weight is 522 g/mol. The van der Waals surface area contributed by atoms with E-state index >= 15 is 4.39 Å². The summed E-state index contributed by atoms with van der Waals surface area (Å²) >= 11 is 0. The Hall–Kier alpha value is -4.40. The van der Waals surface area contributed by atoms with Crippen LogP contribution in [0.3, 0.4) is 0 Å². The lowest BCUT2D eigenvalue weighted by atomic mass is 9.89. The number of carbonyl (C=O) groups excluding carboxylic acids is 3. The first-order chi connectivity index (χ1) is 18.3. The van der Waals surface area contributed by atoms with Gasteiger partial charge in [-0.25, -0.2) is 18.5 Å². The van der Waals surface area contributed by atoms with Crippen LogP contribution in [-0.4, -0.2) is 35.6 Å². The minimum atomic E-state index is -0.753. The number of carbonyl (C=O) groups is 3. The number of ether oxygens (including phenoxy) is 4. The molecule has 0 fully saturated rings. The van der Waals surface area contributed by atoms with Gasteiger partial charge in [-0.3, -0.25) is 4.79 Å². The Morgan fingerprint density at radius 3 is 2.42 bits per heavy atom. The van der Waals surface area contributed by atoms with Gasteiger partial charge in [-0.05, 0) is 31.5 Å². The number of halogens is 1. The lowest BCUT2D eigenvalue weighted by Crippen LogP contribution is -2.20. The largest absolute Gasteiger partial charge is 0.497 e. The van der Waals surface area contributed by atoms with Gasteiger partial charge >= 0.3 is 11.9 Å². The van der Waals surface area contributed by atoms with Crippen LogP contribution >= 0.6 is 0 Å². The molecule has 1 aliphatic heterocycles. The number of esters is 2. The van der Waals surface area contributed by atoms with Crippen LogP contribution < -0.4 is 4.74 Å². The highest BCUT2D eigenvalue weighted by atomic mass is 19.1. The number of aromatic nitrogens is 1. The fraction of sp³-hybridized carbons (Fsp3) is 0.276. The maximum Gasteiger partial charge on any atom is 0.334 e. The topological polar surface area (TPSA) is 93.1 Å². The van der Waals surface area contributed by atoms with E-state index in [2.05, 4.69) is 0 Å². The fourth-order valence-electron chi connectivity index (χ4n) is 4.45. The summed E-state index contributed by atoms with van der Waals surface area (Å²) in [6.07, 6.45) is 2.44. The first-order valence-electron chi connectivity index (χ1n) is 12.3. The molecular weight excluding hydrogens is 493 g/mol. The Kier molecular flexibility index (Phi) is 8.25. The zero-order valence-electron chi connectivity index (χ0n) is 21.4. The van der Waals surface area contributed by atoms with Gasteiger partial charge in [0.05, 0.1) is 36.8 Å². The molecule has 3 aromatic rings. The normalized spacial score (nSPS) is 16.1. The van der Waals surface area contributed by atoms with Crippen LogP contribution in [0.4, 0.5) is 4.39 Å². The van der Waals surface area contributed by atoms with Crippen LogP contribution in [0, 0.1) is 5.82 Å². The van der Waals surface area contributed by atoms with Gasteiger partial charge in [-0.2, -0.15) is 0 Å². The van der Waals surface area contributed by atoms with E-state index in [1.165, 1.54) is 35.8 Å². The predicted octanol–water partition coefficient (Wildman–Crippen LogP) is 5.42. The van der Waals surface area contributed by atoms with Crippen LogP contribution in [0.25, 0.3) is 10.9 Å². The van der Waals surface area contributed by atoms with Crippen molar-refractivity contribution in [1.82, 2.24) is 4.57 Å². The van der Waals surface area contributed by atoms with Crippen LogP contribution in [0.1, 0.15) is 49.0 Å². The highest BCUT2D eigenvalue weighted by molar-refractivity contribution is 5.98. The molecule has 0 saturated carbocycles. The second-order valence-electron chi connectivity index (χ2n) is 8.50. The van der Waals surface area contributed by atoms with Crippen LogP contribution in [-0.2, 0) is 30.4 Å². The smallest absolute Gasteiger partial charge is 0.334 e. The summed E-state index contributed by atoms with van der Waals surface area (Å²) in [5.74, 6) is -2.61. The van der Waals surface area contributed by atoms with Crippen molar-refractivity contribution in [3.05, 3.63) is 89.1 Å². The van der Waals surface area contributed by atoms with E-state index in [4.69, 9.17) is 18.9 Å². The Morgan fingerprint density at radius 1 is 1.00 bits per heavy atom. The third kappa shape index (κ3) is 5.61. The van der Waals surface area contributed by atoms with Crippen molar-refractivity contribution in [2.45, 2.75) is 39.7 Å². The zero-order valence-corrected chi connectivity index (χ0v) is 21.4. The second-order valence-corrected chi connectivity index (χ2v) is 8.50. The van der Waals surface area contributed by atoms with Crippen molar-refractivity contribution >= 4 is 28.7 Å². The number of nitrogens with zero attached hydrogens (tertiary/aromatic N) is 1. The maximum atomic E-state index is 15.2. The molecule has 0 spiro atoms. The molecular formula is C29H28FNO7. The highest BCUT2D eigenvalue weighted by Crippen LogP contribution is 2.48. The monoisotopic (exact) mass is 521 g/mol. The van der Waals surface area contributed by atoms with Gasteiger partial charge in [-0.1, -0.05) is 36.4 Å². The number of rotatable bonds is 8. The Bertz CT molecular complexity index is 1420. The van der Waals surface area contributed by atoms with Crippen LogP contribution in [0.15, 0.2) is 72.2 Å².